The third-order valence-corrected chi connectivity index (χ3v) is 3.36. The minimum Gasteiger partial charge on any atom is -0.398 e. The smallest absolute Gasteiger partial charge is 0.0349 e. The molecule has 0 spiro atoms. The second-order valence-corrected chi connectivity index (χ2v) is 5.90. The van der Waals surface area contributed by atoms with E-state index in [1.807, 2.05) is 13.0 Å². The number of benzene rings is 2. The lowest BCUT2D eigenvalue weighted by Crippen LogP contribution is -2.10. The van der Waals surface area contributed by atoms with Crippen molar-refractivity contribution in [1.29, 1.82) is 0 Å². The van der Waals surface area contributed by atoms with Crippen LogP contribution in [-0.4, -0.2) is 0 Å². The summed E-state index contributed by atoms with van der Waals surface area (Å²) in [5.74, 6) is 0. The van der Waals surface area contributed by atoms with Gasteiger partial charge in [-0.3, -0.25) is 0 Å². The monoisotopic (exact) mass is 239 g/mol. The van der Waals surface area contributed by atoms with Gasteiger partial charge in [0, 0.05) is 5.69 Å². The Balaban J connectivity index is 2.37. The fourth-order valence-electron chi connectivity index (χ4n) is 1.98. The first-order valence-corrected chi connectivity index (χ1v) is 6.35. The van der Waals surface area contributed by atoms with Crippen molar-refractivity contribution in [2.45, 2.75) is 33.1 Å². The quantitative estimate of drug-likeness (QED) is 0.726. The maximum Gasteiger partial charge on any atom is 0.0349 e. The standard InChI is InChI=1S/C17H21N/c1-12-5-6-14(11-16(12)18)13-7-9-15(10-8-13)17(2,3)4/h5-11H,18H2,1-4H3. The van der Waals surface area contributed by atoms with E-state index in [0.29, 0.717) is 0 Å². The zero-order valence-corrected chi connectivity index (χ0v) is 11.6. The van der Waals surface area contributed by atoms with Gasteiger partial charge >= 0.3 is 0 Å². The van der Waals surface area contributed by atoms with Crippen LogP contribution in [0.4, 0.5) is 5.69 Å². The molecule has 0 heterocycles. The molecule has 0 aliphatic rings. The first kappa shape index (κ1) is 12.7. The van der Waals surface area contributed by atoms with Crippen LogP contribution in [0.25, 0.3) is 11.1 Å². The number of nitrogens with two attached hydrogens (primary N) is 1. The van der Waals surface area contributed by atoms with Gasteiger partial charge in [-0.15, -0.1) is 0 Å². The Labute approximate surface area is 110 Å². The lowest BCUT2D eigenvalue weighted by molar-refractivity contribution is 0.590. The molecule has 0 aliphatic heterocycles. The van der Waals surface area contributed by atoms with Crippen molar-refractivity contribution in [2.75, 3.05) is 5.73 Å². The Bertz CT molecular complexity index is 545. The molecule has 0 saturated heterocycles. The van der Waals surface area contributed by atoms with Gasteiger partial charge in [-0.2, -0.15) is 0 Å². The summed E-state index contributed by atoms with van der Waals surface area (Å²) in [6.45, 7) is 8.71. The van der Waals surface area contributed by atoms with Crippen LogP contribution < -0.4 is 5.73 Å². The fraction of sp³-hybridized carbons (Fsp3) is 0.294. The predicted octanol–water partition coefficient (Wildman–Crippen LogP) is 4.54. The van der Waals surface area contributed by atoms with Crippen LogP contribution in [0.2, 0.25) is 0 Å². The Morgan fingerprint density at radius 2 is 1.39 bits per heavy atom. The Kier molecular flexibility index (Phi) is 3.16. The van der Waals surface area contributed by atoms with Crippen LogP contribution in [0.3, 0.4) is 0 Å². The average Bonchev–Trinajstić information content (AvgIpc) is 2.32. The lowest BCUT2D eigenvalue weighted by atomic mass is 9.86. The van der Waals surface area contributed by atoms with E-state index in [2.05, 4.69) is 57.2 Å². The Morgan fingerprint density at radius 3 is 1.89 bits per heavy atom. The van der Waals surface area contributed by atoms with Gasteiger partial charge in [0.1, 0.15) is 0 Å². The van der Waals surface area contributed by atoms with Crippen molar-refractivity contribution < 1.29 is 0 Å². The molecule has 0 aromatic heterocycles. The van der Waals surface area contributed by atoms with Crippen LogP contribution in [0, 0.1) is 6.92 Å². The van der Waals surface area contributed by atoms with Crippen molar-refractivity contribution in [3.05, 3.63) is 53.6 Å². The van der Waals surface area contributed by atoms with Gasteiger partial charge in [-0.05, 0) is 40.7 Å². The second kappa shape index (κ2) is 4.49. The van der Waals surface area contributed by atoms with Gasteiger partial charge in [0.25, 0.3) is 0 Å². The number of hydrogen-bond donors (Lipinski definition) is 1. The summed E-state index contributed by atoms with van der Waals surface area (Å²) < 4.78 is 0. The van der Waals surface area contributed by atoms with E-state index in [9.17, 15) is 0 Å². The molecular formula is C17H21N. The molecule has 0 saturated carbocycles. The molecule has 2 aromatic carbocycles. The highest BCUT2D eigenvalue weighted by Crippen LogP contribution is 2.27. The second-order valence-electron chi connectivity index (χ2n) is 5.90. The first-order chi connectivity index (χ1) is 8.38. The van der Waals surface area contributed by atoms with E-state index in [-0.39, 0.29) is 5.41 Å². The van der Waals surface area contributed by atoms with E-state index in [1.54, 1.807) is 0 Å². The summed E-state index contributed by atoms with van der Waals surface area (Å²) in [5.41, 5.74) is 11.9. The highest BCUT2D eigenvalue weighted by atomic mass is 14.5. The first-order valence-electron chi connectivity index (χ1n) is 6.35. The molecule has 18 heavy (non-hydrogen) atoms. The van der Waals surface area contributed by atoms with Crippen molar-refractivity contribution in [2.24, 2.45) is 0 Å². The number of hydrogen-bond acceptors (Lipinski definition) is 1. The molecule has 94 valence electrons. The number of aryl methyl sites for hydroxylation is 1. The lowest BCUT2D eigenvalue weighted by Gasteiger charge is -2.19. The molecule has 2 N–H and O–H groups in total. The molecule has 0 bridgehead atoms. The highest BCUT2D eigenvalue weighted by molar-refractivity contribution is 5.69. The van der Waals surface area contributed by atoms with Gasteiger partial charge in [0.15, 0.2) is 0 Å². The summed E-state index contributed by atoms with van der Waals surface area (Å²) in [4.78, 5) is 0. The van der Waals surface area contributed by atoms with Crippen LogP contribution in [-0.2, 0) is 5.41 Å². The topological polar surface area (TPSA) is 26.0 Å². The minimum atomic E-state index is 0.199. The van der Waals surface area contributed by atoms with E-state index in [1.165, 1.54) is 16.7 Å². The normalized spacial score (nSPS) is 11.6. The molecular weight excluding hydrogens is 218 g/mol. The van der Waals surface area contributed by atoms with Crippen LogP contribution in [0.5, 0.6) is 0 Å². The largest absolute Gasteiger partial charge is 0.398 e. The van der Waals surface area contributed by atoms with Crippen LogP contribution >= 0.6 is 0 Å². The molecule has 0 radical (unpaired) electrons. The molecule has 1 heteroatoms. The van der Waals surface area contributed by atoms with Crippen LogP contribution in [0.1, 0.15) is 31.9 Å². The highest BCUT2D eigenvalue weighted by Gasteiger charge is 2.13. The van der Waals surface area contributed by atoms with Gasteiger partial charge in [0.05, 0.1) is 0 Å². The third kappa shape index (κ3) is 2.56. The van der Waals surface area contributed by atoms with Gasteiger partial charge < -0.3 is 5.73 Å². The van der Waals surface area contributed by atoms with Gasteiger partial charge in [-0.1, -0.05) is 57.2 Å². The molecule has 2 aromatic rings. The number of anilines is 1. The van der Waals surface area contributed by atoms with E-state index in [4.69, 9.17) is 5.73 Å². The molecule has 2 rings (SSSR count). The van der Waals surface area contributed by atoms with Crippen molar-refractivity contribution in [3.8, 4) is 11.1 Å². The maximum absolute atomic E-state index is 5.96. The maximum atomic E-state index is 5.96. The summed E-state index contributed by atoms with van der Waals surface area (Å²) in [5, 5.41) is 0. The van der Waals surface area contributed by atoms with E-state index in [0.717, 1.165) is 11.3 Å². The third-order valence-electron chi connectivity index (χ3n) is 3.36. The summed E-state index contributed by atoms with van der Waals surface area (Å²) in [6, 6.07) is 15.0. The fourth-order valence-corrected chi connectivity index (χ4v) is 1.98. The minimum absolute atomic E-state index is 0.199. The van der Waals surface area contributed by atoms with E-state index >= 15 is 0 Å². The van der Waals surface area contributed by atoms with E-state index < -0.39 is 0 Å². The van der Waals surface area contributed by atoms with Crippen molar-refractivity contribution in [1.82, 2.24) is 0 Å². The molecule has 1 nitrogen and oxygen atoms in total. The zero-order valence-electron chi connectivity index (χ0n) is 11.6. The van der Waals surface area contributed by atoms with Crippen LogP contribution in [0.15, 0.2) is 42.5 Å². The number of nitrogen functional groups attached to an aromatic ring is 1. The van der Waals surface area contributed by atoms with Gasteiger partial charge in [0.2, 0.25) is 0 Å². The van der Waals surface area contributed by atoms with Crippen molar-refractivity contribution in [3.63, 3.8) is 0 Å². The summed E-state index contributed by atoms with van der Waals surface area (Å²) >= 11 is 0. The summed E-state index contributed by atoms with van der Waals surface area (Å²) in [7, 11) is 0. The molecule has 0 amide bonds. The summed E-state index contributed by atoms with van der Waals surface area (Å²) in [6.07, 6.45) is 0. The molecule has 0 fully saturated rings. The van der Waals surface area contributed by atoms with Crippen molar-refractivity contribution >= 4 is 5.69 Å². The average molecular weight is 239 g/mol. The number of rotatable bonds is 1. The SMILES string of the molecule is Cc1ccc(-c2ccc(C(C)(C)C)cc2)cc1N. The van der Waals surface area contributed by atoms with Gasteiger partial charge in [-0.25, -0.2) is 0 Å². The molecule has 0 unspecified atom stereocenters. The molecule has 0 aliphatic carbocycles. The Hall–Kier alpha value is -1.76. The predicted molar refractivity (Wildman–Crippen MR) is 79.7 cm³/mol. The molecule has 0 atom stereocenters. The zero-order chi connectivity index (χ0) is 13.3. The Morgan fingerprint density at radius 1 is 0.833 bits per heavy atom.